The number of carbonyl (C=O) groups excluding carboxylic acids is 1. The summed E-state index contributed by atoms with van der Waals surface area (Å²) in [5.74, 6) is 0.429. The Hall–Kier alpha value is -2.14. The SMILES string of the molecule is Cc1c(C(=O)NC(CCO)C2CC2)cnn1Cc1ccccc1. The van der Waals surface area contributed by atoms with E-state index in [-0.39, 0.29) is 18.6 Å². The lowest BCUT2D eigenvalue weighted by Crippen LogP contribution is -2.37. The van der Waals surface area contributed by atoms with E-state index in [1.165, 1.54) is 0 Å². The second kappa shape index (κ2) is 6.96. The van der Waals surface area contributed by atoms with Crippen molar-refractivity contribution in [3.8, 4) is 0 Å². The Morgan fingerprint density at radius 1 is 1.39 bits per heavy atom. The molecule has 0 spiro atoms. The fraction of sp³-hybridized carbons (Fsp3) is 0.444. The predicted octanol–water partition coefficient (Wildman–Crippen LogP) is 2.13. The number of rotatable bonds is 7. The highest BCUT2D eigenvalue weighted by molar-refractivity contribution is 5.95. The highest BCUT2D eigenvalue weighted by atomic mass is 16.3. The van der Waals surface area contributed by atoms with Crippen LogP contribution in [-0.4, -0.2) is 33.4 Å². The Labute approximate surface area is 136 Å². The number of aliphatic hydroxyl groups is 1. The first-order valence-corrected chi connectivity index (χ1v) is 8.17. The minimum atomic E-state index is -0.0906. The molecule has 23 heavy (non-hydrogen) atoms. The number of benzene rings is 1. The summed E-state index contributed by atoms with van der Waals surface area (Å²) in [6, 6.07) is 10.1. The molecule has 0 bridgehead atoms. The predicted molar refractivity (Wildman–Crippen MR) is 88.2 cm³/mol. The van der Waals surface area contributed by atoms with Crippen molar-refractivity contribution in [3.63, 3.8) is 0 Å². The number of carbonyl (C=O) groups is 1. The minimum absolute atomic E-state index is 0.0735. The van der Waals surface area contributed by atoms with E-state index in [0.29, 0.717) is 24.4 Å². The summed E-state index contributed by atoms with van der Waals surface area (Å²) < 4.78 is 1.85. The van der Waals surface area contributed by atoms with Gasteiger partial charge in [-0.05, 0) is 37.7 Å². The molecule has 2 N–H and O–H groups in total. The Kier molecular flexibility index (Phi) is 4.76. The molecule has 3 rings (SSSR count). The Morgan fingerprint density at radius 3 is 2.78 bits per heavy atom. The maximum Gasteiger partial charge on any atom is 0.254 e. The molecule has 1 aliphatic carbocycles. The fourth-order valence-electron chi connectivity index (χ4n) is 2.89. The van der Waals surface area contributed by atoms with Gasteiger partial charge in [-0.15, -0.1) is 0 Å². The van der Waals surface area contributed by atoms with E-state index in [1.54, 1.807) is 6.20 Å². The minimum Gasteiger partial charge on any atom is -0.396 e. The van der Waals surface area contributed by atoms with E-state index >= 15 is 0 Å². The molecule has 0 radical (unpaired) electrons. The summed E-state index contributed by atoms with van der Waals surface area (Å²) in [7, 11) is 0. The van der Waals surface area contributed by atoms with Crippen LogP contribution in [0.5, 0.6) is 0 Å². The number of nitrogens with one attached hydrogen (secondary N) is 1. The molecule has 1 amide bonds. The highest BCUT2D eigenvalue weighted by Crippen LogP contribution is 2.34. The van der Waals surface area contributed by atoms with E-state index in [4.69, 9.17) is 5.11 Å². The van der Waals surface area contributed by atoms with E-state index in [0.717, 1.165) is 24.1 Å². The van der Waals surface area contributed by atoms with E-state index in [1.807, 2.05) is 41.9 Å². The highest BCUT2D eigenvalue weighted by Gasteiger charge is 2.32. The van der Waals surface area contributed by atoms with Gasteiger partial charge in [0.25, 0.3) is 5.91 Å². The Bertz CT molecular complexity index is 662. The maximum absolute atomic E-state index is 12.5. The third-order valence-electron chi connectivity index (χ3n) is 4.47. The molecule has 122 valence electrons. The first kappa shape index (κ1) is 15.7. The summed E-state index contributed by atoms with van der Waals surface area (Å²) in [4.78, 5) is 12.5. The maximum atomic E-state index is 12.5. The van der Waals surface area contributed by atoms with Gasteiger partial charge in [-0.3, -0.25) is 9.48 Å². The molecular weight excluding hydrogens is 290 g/mol. The smallest absolute Gasteiger partial charge is 0.254 e. The van der Waals surface area contributed by atoms with Gasteiger partial charge in [-0.25, -0.2) is 0 Å². The Balaban J connectivity index is 1.69. The van der Waals surface area contributed by atoms with Crippen LogP contribution in [0.25, 0.3) is 0 Å². The summed E-state index contributed by atoms with van der Waals surface area (Å²) in [6.45, 7) is 2.68. The average Bonchev–Trinajstić information content (AvgIpc) is 3.34. The number of aliphatic hydroxyl groups excluding tert-OH is 1. The van der Waals surface area contributed by atoms with Crippen molar-refractivity contribution in [1.29, 1.82) is 0 Å². The van der Waals surface area contributed by atoms with Crippen molar-refractivity contribution < 1.29 is 9.90 Å². The molecule has 1 aliphatic rings. The van der Waals surface area contributed by atoms with Gasteiger partial charge >= 0.3 is 0 Å². The summed E-state index contributed by atoms with van der Waals surface area (Å²) >= 11 is 0. The summed E-state index contributed by atoms with van der Waals surface area (Å²) in [5.41, 5.74) is 2.64. The third kappa shape index (κ3) is 3.79. The van der Waals surface area contributed by atoms with Gasteiger partial charge < -0.3 is 10.4 Å². The van der Waals surface area contributed by atoms with Crippen LogP contribution >= 0.6 is 0 Å². The van der Waals surface area contributed by atoms with Crippen LogP contribution in [0.1, 0.15) is 40.9 Å². The van der Waals surface area contributed by atoms with Crippen LogP contribution < -0.4 is 5.32 Å². The fourth-order valence-corrected chi connectivity index (χ4v) is 2.89. The normalized spacial score (nSPS) is 15.4. The standard InChI is InChI=1S/C18H23N3O2/c1-13-16(18(23)20-17(9-10-22)15-7-8-15)11-19-21(13)12-14-5-3-2-4-6-14/h2-6,11,15,17,22H,7-10,12H2,1H3,(H,20,23). The van der Waals surface area contributed by atoms with Crippen molar-refractivity contribution in [2.75, 3.05) is 6.61 Å². The second-order valence-electron chi connectivity index (χ2n) is 6.22. The monoisotopic (exact) mass is 313 g/mol. The third-order valence-corrected chi connectivity index (χ3v) is 4.47. The topological polar surface area (TPSA) is 67.2 Å². The molecule has 1 fully saturated rings. The number of amides is 1. The zero-order chi connectivity index (χ0) is 16.2. The van der Waals surface area contributed by atoms with Crippen LogP contribution in [0.4, 0.5) is 0 Å². The summed E-state index contributed by atoms with van der Waals surface area (Å²) in [5, 5.41) is 16.6. The van der Waals surface area contributed by atoms with Crippen molar-refractivity contribution in [2.24, 2.45) is 5.92 Å². The molecular formula is C18H23N3O2. The molecule has 5 nitrogen and oxygen atoms in total. The Morgan fingerprint density at radius 2 is 2.13 bits per heavy atom. The molecule has 0 saturated heterocycles. The summed E-state index contributed by atoms with van der Waals surface area (Å²) in [6.07, 6.45) is 4.53. The van der Waals surface area contributed by atoms with Crippen LogP contribution in [0.3, 0.4) is 0 Å². The van der Waals surface area contributed by atoms with Gasteiger partial charge in [-0.1, -0.05) is 30.3 Å². The van der Waals surface area contributed by atoms with E-state index in [9.17, 15) is 4.79 Å². The quantitative estimate of drug-likeness (QED) is 0.823. The number of nitrogens with zero attached hydrogens (tertiary/aromatic N) is 2. The van der Waals surface area contributed by atoms with Gasteiger partial charge in [0.05, 0.1) is 18.3 Å². The largest absolute Gasteiger partial charge is 0.396 e. The van der Waals surface area contributed by atoms with Gasteiger partial charge in [0.2, 0.25) is 0 Å². The molecule has 1 unspecified atom stereocenters. The van der Waals surface area contributed by atoms with Crippen molar-refractivity contribution in [2.45, 2.75) is 38.8 Å². The molecule has 1 heterocycles. The second-order valence-corrected chi connectivity index (χ2v) is 6.22. The van der Waals surface area contributed by atoms with Crippen LogP contribution in [-0.2, 0) is 6.54 Å². The van der Waals surface area contributed by atoms with Crippen LogP contribution in [0, 0.1) is 12.8 Å². The molecule has 1 saturated carbocycles. The van der Waals surface area contributed by atoms with Crippen molar-refractivity contribution >= 4 is 5.91 Å². The van der Waals surface area contributed by atoms with Gasteiger partial charge in [0.15, 0.2) is 0 Å². The molecule has 0 aliphatic heterocycles. The van der Waals surface area contributed by atoms with Gasteiger partial charge in [0.1, 0.15) is 0 Å². The first-order valence-electron chi connectivity index (χ1n) is 8.17. The van der Waals surface area contributed by atoms with Crippen LogP contribution in [0.15, 0.2) is 36.5 Å². The molecule has 2 aromatic rings. The van der Waals surface area contributed by atoms with Crippen LogP contribution in [0.2, 0.25) is 0 Å². The number of aromatic nitrogens is 2. The molecule has 1 aromatic heterocycles. The van der Waals surface area contributed by atoms with Gasteiger partial charge in [-0.2, -0.15) is 5.10 Å². The molecule has 1 atom stereocenters. The lowest BCUT2D eigenvalue weighted by atomic mass is 10.1. The average molecular weight is 313 g/mol. The van der Waals surface area contributed by atoms with Crippen molar-refractivity contribution in [3.05, 3.63) is 53.3 Å². The molecule has 5 heteroatoms. The first-order chi connectivity index (χ1) is 11.2. The van der Waals surface area contributed by atoms with E-state index < -0.39 is 0 Å². The number of hydrogen-bond acceptors (Lipinski definition) is 3. The lowest BCUT2D eigenvalue weighted by molar-refractivity contribution is 0.0923. The zero-order valence-electron chi connectivity index (χ0n) is 13.4. The van der Waals surface area contributed by atoms with Gasteiger partial charge in [0, 0.05) is 18.3 Å². The van der Waals surface area contributed by atoms with Crippen molar-refractivity contribution in [1.82, 2.24) is 15.1 Å². The van der Waals surface area contributed by atoms with E-state index in [2.05, 4.69) is 10.4 Å². The lowest BCUT2D eigenvalue weighted by Gasteiger charge is -2.17. The molecule has 1 aromatic carbocycles. The number of hydrogen-bond donors (Lipinski definition) is 2. The zero-order valence-corrected chi connectivity index (χ0v) is 13.4.